The maximum Gasteiger partial charge on any atom is 0.115 e. The normalized spacial score (nSPS) is 18.5. The predicted molar refractivity (Wildman–Crippen MR) is 64.2 cm³/mol. The molecule has 2 rings (SSSR count). The summed E-state index contributed by atoms with van der Waals surface area (Å²) in [7, 11) is 0. The Morgan fingerprint density at radius 1 is 1.13 bits per heavy atom. The monoisotopic (exact) mass is 227 g/mol. The van der Waals surface area contributed by atoms with E-state index in [0.29, 0.717) is 11.7 Å². The minimum atomic E-state index is 0. The summed E-state index contributed by atoms with van der Waals surface area (Å²) in [5.74, 6) is 0.951. The van der Waals surface area contributed by atoms with E-state index in [1.54, 1.807) is 12.1 Å². The van der Waals surface area contributed by atoms with Gasteiger partial charge in [0.2, 0.25) is 0 Å². The molecule has 15 heavy (non-hydrogen) atoms. The summed E-state index contributed by atoms with van der Waals surface area (Å²) in [4.78, 5) is 0. The molecule has 1 atom stereocenters. The lowest BCUT2D eigenvalue weighted by atomic mass is 9.92. The molecular weight excluding hydrogens is 210 g/mol. The first-order chi connectivity index (χ1) is 6.77. The predicted octanol–water partition coefficient (Wildman–Crippen LogP) is 3.00. The van der Waals surface area contributed by atoms with Crippen LogP contribution in [0.1, 0.15) is 37.3 Å². The van der Waals surface area contributed by atoms with Crippen molar-refractivity contribution in [2.45, 2.75) is 31.7 Å². The fraction of sp³-hybridized carbons (Fsp3) is 0.500. The number of benzene rings is 1. The minimum Gasteiger partial charge on any atom is -0.508 e. The minimum absolute atomic E-state index is 0. The van der Waals surface area contributed by atoms with E-state index < -0.39 is 0 Å². The van der Waals surface area contributed by atoms with Crippen molar-refractivity contribution >= 4 is 12.4 Å². The molecule has 1 aliphatic carbocycles. The molecule has 3 heteroatoms. The van der Waals surface area contributed by atoms with E-state index in [-0.39, 0.29) is 18.4 Å². The molecule has 0 spiro atoms. The molecule has 0 saturated heterocycles. The highest BCUT2D eigenvalue weighted by Gasteiger charge is 2.22. The van der Waals surface area contributed by atoms with Gasteiger partial charge in [-0.05, 0) is 36.5 Å². The zero-order valence-electron chi connectivity index (χ0n) is 8.73. The summed E-state index contributed by atoms with van der Waals surface area (Å²) >= 11 is 0. The number of halogens is 1. The second kappa shape index (κ2) is 5.38. The van der Waals surface area contributed by atoms with E-state index in [1.807, 2.05) is 12.1 Å². The van der Waals surface area contributed by atoms with Crippen molar-refractivity contribution in [2.75, 3.05) is 0 Å². The topological polar surface area (TPSA) is 46.2 Å². The van der Waals surface area contributed by atoms with Gasteiger partial charge in [0.15, 0.2) is 0 Å². The van der Waals surface area contributed by atoms with Crippen LogP contribution in [0.3, 0.4) is 0 Å². The van der Waals surface area contributed by atoms with Gasteiger partial charge in [-0.15, -0.1) is 12.4 Å². The van der Waals surface area contributed by atoms with Crippen LogP contribution < -0.4 is 5.73 Å². The Kier molecular flexibility index (Phi) is 4.43. The third-order valence-corrected chi connectivity index (χ3v) is 3.19. The standard InChI is InChI=1S/C12H17NO.ClH/c13-12(9-3-1-2-4-9)10-5-7-11(14)8-6-10;/h5-9,12,14H,1-4,13H2;1H/t12-;/m1./s1. The molecule has 2 nitrogen and oxygen atoms in total. The molecule has 0 heterocycles. The molecule has 1 aliphatic rings. The molecule has 1 fully saturated rings. The van der Waals surface area contributed by atoms with E-state index in [9.17, 15) is 0 Å². The number of nitrogens with two attached hydrogens (primary N) is 1. The highest BCUT2D eigenvalue weighted by molar-refractivity contribution is 5.85. The summed E-state index contributed by atoms with van der Waals surface area (Å²) in [6, 6.07) is 7.43. The number of hydrogen-bond donors (Lipinski definition) is 2. The Morgan fingerprint density at radius 3 is 2.20 bits per heavy atom. The molecule has 0 amide bonds. The zero-order valence-corrected chi connectivity index (χ0v) is 9.54. The third-order valence-electron chi connectivity index (χ3n) is 3.19. The van der Waals surface area contributed by atoms with E-state index in [2.05, 4.69) is 0 Å². The van der Waals surface area contributed by atoms with Gasteiger partial charge < -0.3 is 10.8 Å². The van der Waals surface area contributed by atoms with Gasteiger partial charge in [0.05, 0.1) is 0 Å². The Morgan fingerprint density at radius 2 is 1.67 bits per heavy atom. The molecule has 0 aromatic heterocycles. The molecule has 1 aromatic rings. The number of phenols is 1. The molecule has 84 valence electrons. The Hall–Kier alpha value is -0.730. The summed E-state index contributed by atoms with van der Waals surface area (Å²) in [5.41, 5.74) is 7.32. The van der Waals surface area contributed by atoms with Crippen molar-refractivity contribution in [3.8, 4) is 5.75 Å². The molecule has 0 radical (unpaired) electrons. The van der Waals surface area contributed by atoms with Crippen molar-refractivity contribution in [1.29, 1.82) is 0 Å². The second-order valence-corrected chi connectivity index (χ2v) is 4.16. The van der Waals surface area contributed by atoms with Gasteiger partial charge in [-0.2, -0.15) is 0 Å². The van der Waals surface area contributed by atoms with Crippen LogP contribution in [0.2, 0.25) is 0 Å². The highest BCUT2D eigenvalue weighted by atomic mass is 35.5. The second-order valence-electron chi connectivity index (χ2n) is 4.16. The SMILES string of the molecule is Cl.N[C@@H](c1ccc(O)cc1)C1CCCC1. The quantitative estimate of drug-likeness (QED) is 0.816. The average Bonchev–Trinajstić information content (AvgIpc) is 2.71. The number of aromatic hydroxyl groups is 1. The van der Waals surface area contributed by atoms with Crippen LogP contribution in [0.25, 0.3) is 0 Å². The van der Waals surface area contributed by atoms with Gasteiger partial charge in [-0.3, -0.25) is 0 Å². The van der Waals surface area contributed by atoms with Gasteiger partial charge in [-0.25, -0.2) is 0 Å². The first-order valence-corrected chi connectivity index (χ1v) is 5.32. The summed E-state index contributed by atoms with van der Waals surface area (Å²) in [6.45, 7) is 0. The van der Waals surface area contributed by atoms with Gasteiger partial charge >= 0.3 is 0 Å². The van der Waals surface area contributed by atoms with Crippen molar-refractivity contribution in [1.82, 2.24) is 0 Å². The Labute approximate surface area is 96.9 Å². The fourth-order valence-electron chi connectivity index (χ4n) is 2.29. The fourth-order valence-corrected chi connectivity index (χ4v) is 2.29. The van der Waals surface area contributed by atoms with Crippen molar-refractivity contribution < 1.29 is 5.11 Å². The summed E-state index contributed by atoms with van der Waals surface area (Å²) in [6.07, 6.45) is 5.14. The van der Waals surface area contributed by atoms with Gasteiger partial charge in [-0.1, -0.05) is 25.0 Å². The van der Waals surface area contributed by atoms with E-state index in [0.717, 1.165) is 5.56 Å². The maximum absolute atomic E-state index is 9.16. The van der Waals surface area contributed by atoms with E-state index in [1.165, 1.54) is 25.7 Å². The number of phenolic OH excluding ortho intramolecular Hbond substituents is 1. The van der Waals surface area contributed by atoms with Crippen molar-refractivity contribution in [3.05, 3.63) is 29.8 Å². The van der Waals surface area contributed by atoms with Crippen LogP contribution in [-0.4, -0.2) is 5.11 Å². The third kappa shape index (κ3) is 2.86. The van der Waals surface area contributed by atoms with Crippen molar-refractivity contribution in [2.24, 2.45) is 11.7 Å². The van der Waals surface area contributed by atoms with Crippen LogP contribution >= 0.6 is 12.4 Å². The van der Waals surface area contributed by atoms with E-state index >= 15 is 0 Å². The molecule has 1 saturated carbocycles. The molecular formula is C12H18ClNO. The zero-order chi connectivity index (χ0) is 9.97. The number of hydrogen-bond acceptors (Lipinski definition) is 2. The van der Waals surface area contributed by atoms with Gasteiger partial charge in [0.25, 0.3) is 0 Å². The average molecular weight is 228 g/mol. The first-order valence-electron chi connectivity index (χ1n) is 5.32. The molecule has 1 aromatic carbocycles. The Bertz CT molecular complexity index is 293. The number of rotatable bonds is 2. The lowest BCUT2D eigenvalue weighted by Gasteiger charge is -2.18. The van der Waals surface area contributed by atoms with Crippen LogP contribution in [0.15, 0.2) is 24.3 Å². The Balaban J connectivity index is 0.00000112. The highest BCUT2D eigenvalue weighted by Crippen LogP contribution is 2.34. The van der Waals surface area contributed by atoms with Crippen molar-refractivity contribution in [3.63, 3.8) is 0 Å². The largest absolute Gasteiger partial charge is 0.508 e. The van der Waals surface area contributed by atoms with Crippen LogP contribution in [-0.2, 0) is 0 Å². The first kappa shape index (κ1) is 12.3. The van der Waals surface area contributed by atoms with Crippen LogP contribution in [0, 0.1) is 5.92 Å². The van der Waals surface area contributed by atoms with Crippen LogP contribution in [0.4, 0.5) is 0 Å². The summed E-state index contributed by atoms with van der Waals surface area (Å²) < 4.78 is 0. The molecule has 3 N–H and O–H groups in total. The molecule has 0 aliphatic heterocycles. The maximum atomic E-state index is 9.16. The van der Waals surface area contributed by atoms with Gasteiger partial charge in [0.1, 0.15) is 5.75 Å². The summed E-state index contributed by atoms with van der Waals surface area (Å²) in [5, 5.41) is 9.16. The van der Waals surface area contributed by atoms with E-state index in [4.69, 9.17) is 10.8 Å². The van der Waals surface area contributed by atoms with Crippen LogP contribution in [0.5, 0.6) is 5.75 Å². The lowest BCUT2D eigenvalue weighted by Crippen LogP contribution is -2.18. The molecule has 0 bridgehead atoms. The smallest absolute Gasteiger partial charge is 0.115 e. The lowest BCUT2D eigenvalue weighted by molar-refractivity contribution is 0.442. The molecule has 0 unspecified atom stereocenters. The van der Waals surface area contributed by atoms with Gasteiger partial charge in [0, 0.05) is 6.04 Å².